The fraction of sp³-hybridized carbons (Fsp3) is 0.684. The monoisotopic (exact) mass is 271 g/mol. The van der Waals surface area contributed by atoms with Crippen molar-refractivity contribution in [3.05, 3.63) is 29.3 Å². The van der Waals surface area contributed by atoms with Gasteiger partial charge in [-0.25, -0.2) is 0 Å². The van der Waals surface area contributed by atoms with E-state index in [1.165, 1.54) is 36.9 Å². The van der Waals surface area contributed by atoms with Crippen molar-refractivity contribution in [3.63, 3.8) is 0 Å². The molecular weight excluding hydrogens is 242 g/mol. The highest BCUT2D eigenvalue weighted by atomic mass is 15.2. The molecule has 2 unspecified atom stereocenters. The van der Waals surface area contributed by atoms with Gasteiger partial charge in [0.25, 0.3) is 0 Å². The average molecular weight is 271 g/mol. The summed E-state index contributed by atoms with van der Waals surface area (Å²) in [5.41, 5.74) is 5.37. The molecule has 1 nitrogen and oxygen atoms in total. The van der Waals surface area contributed by atoms with Gasteiger partial charge in [0.05, 0.1) is 0 Å². The molecule has 1 aromatic carbocycles. The highest BCUT2D eigenvalue weighted by Gasteiger charge is 2.55. The summed E-state index contributed by atoms with van der Waals surface area (Å²) in [6.45, 7) is 11.9. The van der Waals surface area contributed by atoms with Gasteiger partial charge in [0, 0.05) is 23.7 Å². The maximum Gasteiger partial charge on any atom is 0.0465 e. The van der Waals surface area contributed by atoms with Crippen molar-refractivity contribution < 1.29 is 0 Å². The first-order valence-electron chi connectivity index (χ1n) is 8.09. The predicted molar refractivity (Wildman–Crippen MR) is 87.8 cm³/mol. The van der Waals surface area contributed by atoms with Gasteiger partial charge in [-0.05, 0) is 42.4 Å². The molecule has 0 radical (unpaired) electrons. The zero-order valence-corrected chi connectivity index (χ0v) is 14.0. The van der Waals surface area contributed by atoms with Crippen LogP contribution in [0.3, 0.4) is 0 Å². The van der Waals surface area contributed by atoms with Crippen LogP contribution in [0.25, 0.3) is 0 Å². The Morgan fingerprint density at radius 2 is 1.70 bits per heavy atom. The van der Waals surface area contributed by atoms with Crippen LogP contribution in [0.2, 0.25) is 0 Å². The van der Waals surface area contributed by atoms with Gasteiger partial charge in [0.1, 0.15) is 0 Å². The average Bonchev–Trinajstić information content (AvgIpc) is 2.56. The first-order chi connectivity index (χ1) is 9.20. The smallest absolute Gasteiger partial charge is 0.0465 e. The molecule has 1 aliphatic carbocycles. The molecule has 1 saturated carbocycles. The van der Waals surface area contributed by atoms with E-state index in [0.29, 0.717) is 11.0 Å². The topological polar surface area (TPSA) is 3.24 Å². The van der Waals surface area contributed by atoms with Crippen LogP contribution in [0.1, 0.15) is 71.4 Å². The van der Waals surface area contributed by atoms with Crippen LogP contribution in [0.5, 0.6) is 0 Å². The summed E-state index contributed by atoms with van der Waals surface area (Å²) < 4.78 is 0. The van der Waals surface area contributed by atoms with Gasteiger partial charge in [-0.3, -0.25) is 0 Å². The number of rotatable bonds is 0. The Kier molecular flexibility index (Phi) is 2.81. The quantitative estimate of drug-likeness (QED) is 0.640. The van der Waals surface area contributed by atoms with Gasteiger partial charge in [0.15, 0.2) is 0 Å². The minimum Gasteiger partial charge on any atom is -0.368 e. The molecule has 2 atom stereocenters. The Labute approximate surface area is 124 Å². The van der Waals surface area contributed by atoms with E-state index >= 15 is 0 Å². The van der Waals surface area contributed by atoms with Gasteiger partial charge >= 0.3 is 0 Å². The molecule has 0 aromatic heterocycles. The van der Waals surface area contributed by atoms with E-state index in [-0.39, 0.29) is 5.41 Å². The summed E-state index contributed by atoms with van der Waals surface area (Å²) >= 11 is 0. The minimum absolute atomic E-state index is 0.234. The van der Waals surface area contributed by atoms with Gasteiger partial charge in [-0.2, -0.15) is 0 Å². The van der Waals surface area contributed by atoms with Crippen LogP contribution in [0, 0.1) is 0 Å². The highest BCUT2D eigenvalue weighted by molar-refractivity contribution is 5.67. The molecule has 0 saturated heterocycles. The second kappa shape index (κ2) is 4.02. The standard InChI is InChI=1S/C19H29N/c1-17(2,3)14-9-10-16-15(13-14)18(4)11-7-8-12-19(18,5)20(16)6/h9-10,13H,7-8,11-12H2,1-6H3. The van der Waals surface area contributed by atoms with Crippen molar-refractivity contribution in [2.45, 2.75) is 76.7 Å². The van der Waals surface area contributed by atoms with E-state index in [2.05, 4.69) is 64.8 Å². The predicted octanol–water partition coefficient (Wildman–Crippen LogP) is 5.02. The molecule has 2 aliphatic rings. The van der Waals surface area contributed by atoms with Gasteiger partial charge in [0.2, 0.25) is 0 Å². The first kappa shape index (κ1) is 14.0. The largest absolute Gasteiger partial charge is 0.368 e. The van der Waals surface area contributed by atoms with E-state index in [1.54, 1.807) is 5.56 Å². The molecule has 0 spiro atoms. The summed E-state index contributed by atoms with van der Waals surface area (Å²) in [5, 5.41) is 0. The molecule has 3 rings (SSSR count). The number of nitrogens with zero attached hydrogens (tertiary/aromatic N) is 1. The normalized spacial score (nSPS) is 33.0. The highest BCUT2D eigenvalue weighted by Crippen LogP contribution is 2.58. The van der Waals surface area contributed by atoms with E-state index in [0.717, 1.165) is 0 Å². The Morgan fingerprint density at radius 1 is 1.05 bits per heavy atom. The molecule has 1 aromatic rings. The second-order valence-corrected chi connectivity index (χ2v) is 8.35. The molecule has 20 heavy (non-hydrogen) atoms. The van der Waals surface area contributed by atoms with Crippen LogP contribution in [-0.4, -0.2) is 12.6 Å². The zero-order chi connectivity index (χ0) is 14.8. The van der Waals surface area contributed by atoms with Crippen LogP contribution >= 0.6 is 0 Å². The summed E-state index contributed by atoms with van der Waals surface area (Å²) in [6.07, 6.45) is 5.39. The Hall–Kier alpha value is -0.980. The van der Waals surface area contributed by atoms with E-state index in [4.69, 9.17) is 0 Å². The Bertz CT molecular complexity index is 539. The molecule has 0 amide bonds. The fourth-order valence-electron chi connectivity index (χ4n) is 4.46. The minimum atomic E-state index is 0.234. The van der Waals surface area contributed by atoms with Crippen LogP contribution in [0.15, 0.2) is 18.2 Å². The SMILES string of the molecule is CN1c2ccc(C(C)(C)C)cc2C2(C)CCCCC12C. The van der Waals surface area contributed by atoms with Crippen molar-refractivity contribution in [3.8, 4) is 0 Å². The number of benzene rings is 1. The van der Waals surface area contributed by atoms with Crippen LogP contribution in [0.4, 0.5) is 5.69 Å². The summed E-state index contributed by atoms with van der Waals surface area (Å²) in [7, 11) is 2.30. The molecule has 0 N–H and O–H groups in total. The third-order valence-electron chi connectivity index (χ3n) is 6.34. The third kappa shape index (κ3) is 1.61. The van der Waals surface area contributed by atoms with E-state index < -0.39 is 0 Å². The Balaban J connectivity index is 2.19. The lowest BCUT2D eigenvalue weighted by Gasteiger charge is -2.49. The van der Waals surface area contributed by atoms with Crippen molar-refractivity contribution in [2.75, 3.05) is 11.9 Å². The van der Waals surface area contributed by atoms with Gasteiger partial charge < -0.3 is 4.90 Å². The van der Waals surface area contributed by atoms with Crippen LogP contribution < -0.4 is 4.90 Å². The number of hydrogen-bond donors (Lipinski definition) is 0. The maximum absolute atomic E-state index is 2.56. The number of hydrogen-bond acceptors (Lipinski definition) is 1. The zero-order valence-electron chi connectivity index (χ0n) is 14.0. The van der Waals surface area contributed by atoms with Gasteiger partial charge in [-0.1, -0.05) is 52.7 Å². The summed E-state index contributed by atoms with van der Waals surface area (Å²) in [4.78, 5) is 2.56. The number of anilines is 1. The fourth-order valence-corrected chi connectivity index (χ4v) is 4.46. The number of likely N-dealkylation sites (N-methyl/N-ethyl adjacent to an activating group) is 1. The van der Waals surface area contributed by atoms with Crippen molar-refractivity contribution >= 4 is 5.69 Å². The molecule has 1 heterocycles. The molecular formula is C19H29N. The molecule has 1 heteroatoms. The van der Waals surface area contributed by atoms with Gasteiger partial charge in [-0.15, -0.1) is 0 Å². The lowest BCUT2D eigenvalue weighted by molar-refractivity contribution is 0.189. The molecule has 110 valence electrons. The third-order valence-corrected chi connectivity index (χ3v) is 6.34. The van der Waals surface area contributed by atoms with Crippen LogP contribution in [-0.2, 0) is 10.8 Å². The molecule has 1 fully saturated rings. The second-order valence-electron chi connectivity index (χ2n) is 8.35. The van der Waals surface area contributed by atoms with E-state index in [1.807, 2.05) is 0 Å². The Morgan fingerprint density at radius 3 is 2.35 bits per heavy atom. The lowest BCUT2D eigenvalue weighted by Crippen LogP contribution is -2.55. The molecule has 1 aliphatic heterocycles. The van der Waals surface area contributed by atoms with Crippen molar-refractivity contribution in [2.24, 2.45) is 0 Å². The number of fused-ring (bicyclic) bond motifs is 3. The lowest BCUT2D eigenvalue weighted by atomic mass is 9.61. The maximum atomic E-state index is 2.56. The van der Waals surface area contributed by atoms with E-state index in [9.17, 15) is 0 Å². The summed E-state index contributed by atoms with van der Waals surface area (Å²) in [6, 6.07) is 7.20. The first-order valence-corrected chi connectivity index (χ1v) is 8.09. The summed E-state index contributed by atoms with van der Waals surface area (Å²) in [5.74, 6) is 0. The molecule has 0 bridgehead atoms. The van der Waals surface area contributed by atoms with Crippen molar-refractivity contribution in [1.29, 1.82) is 0 Å². The van der Waals surface area contributed by atoms with Crippen molar-refractivity contribution in [1.82, 2.24) is 0 Å².